The SMILES string of the molecule is c1ccc(-c2nc(-c3ccc4sc5ccccc5c4c3)nc(-c3cc(-n4c5ccccc5c5c6c7ccccc7n(-c7ccccc7)c6ccc54)cc4sc5ccccc5c34)n2)cc1. The molecule has 0 aliphatic carbocycles. The van der Waals surface area contributed by atoms with Gasteiger partial charge in [-0.3, -0.25) is 0 Å². The van der Waals surface area contributed by atoms with Gasteiger partial charge in [0.1, 0.15) is 0 Å². The molecule has 5 aromatic heterocycles. The molecule has 0 aliphatic rings. The summed E-state index contributed by atoms with van der Waals surface area (Å²) >= 11 is 3.63. The summed E-state index contributed by atoms with van der Waals surface area (Å²) in [6.45, 7) is 0. The van der Waals surface area contributed by atoms with Crippen LogP contribution in [0, 0.1) is 0 Å². The van der Waals surface area contributed by atoms with Crippen LogP contribution in [0.3, 0.4) is 0 Å². The van der Waals surface area contributed by atoms with Crippen molar-refractivity contribution in [3.8, 4) is 45.5 Å². The number of para-hydroxylation sites is 3. The lowest BCUT2D eigenvalue weighted by Gasteiger charge is -2.13. The molecule has 0 N–H and O–H groups in total. The van der Waals surface area contributed by atoms with Crippen molar-refractivity contribution in [1.82, 2.24) is 24.1 Å². The van der Waals surface area contributed by atoms with Gasteiger partial charge in [-0.05, 0) is 78.9 Å². The number of hydrogen-bond acceptors (Lipinski definition) is 5. The van der Waals surface area contributed by atoms with E-state index in [1.54, 1.807) is 0 Å². The van der Waals surface area contributed by atoms with E-state index in [0.717, 1.165) is 44.5 Å². The molecule has 0 bridgehead atoms. The van der Waals surface area contributed by atoms with Crippen LogP contribution in [0.2, 0.25) is 0 Å². The highest BCUT2D eigenvalue weighted by Crippen LogP contribution is 2.46. The first kappa shape index (κ1) is 35.6. The van der Waals surface area contributed by atoms with Crippen molar-refractivity contribution in [1.29, 1.82) is 0 Å². The summed E-state index contributed by atoms with van der Waals surface area (Å²) in [5.41, 5.74) is 9.74. The second kappa shape index (κ2) is 13.8. The summed E-state index contributed by atoms with van der Waals surface area (Å²) in [5, 5.41) is 9.72. The van der Waals surface area contributed by atoms with E-state index in [1.165, 1.54) is 67.5 Å². The van der Waals surface area contributed by atoms with Crippen LogP contribution in [0.1, 0.15) is 0 Å². The Balaban J connectivity index is 1.07. The van der Waals surface area contributed by atoms with Gasteiger partial charge in [0, 0.05) is 90.0 Å². The molecule has 298 valence electrons. The number of nitrogens with zero attached hydrogens (tertiary/aromatic N) is 5. The third kappa shape index (κ3) is 5.26. The second-order valence-corrected chi connectivity index (χ2v) is 18.5. The Bertz CT molecular complexity index is 4200. The fraction of sp³-hybridized carbons (Fsp3) is 0. The fourth-order valence-corrected chi connectivity index (χ4v) is 12.3. The average Bonchev–Trinajstić information content (AvgIpc) is 4.11. The second-order valence-electron chi connectivity index (χ2n) is 16.3. The Kier molecular flexibility index (Phi) is 7.66. The van der Waals surface area contributed by atoms with E-state index >= 15 is 0 Å². The predicted octanol–water partition coefficient (Wildman–Crippen LogP) is 15.8. The Morgan fingerprint density at radius 2 is 0.812 bits per heavy atom. The number of thiophene rings is 2. The third-order valence-corrected chi connectivity index (χ3v) is 15.0. The minimum Gasteiger partial charge on any atom is -0.309 e. The van der Waals surface area contributed by atoms with Crippen molar-refractivity contribution in [2.45, 2.75) is 0 Å². The standard InChI is InChI=1S/C57H33N5S2/c1-3-15-34(16-4-1)55-58-56(35-27-30-50-42(31-35)38-19-9-13-25-48(38)63-50)60-57(59-55)43-32-37(33-51-52(43)41-22-10-14-26-49(41)64-51)62-45-24-12-8-21-40(45)54-47(62)29-28-46-53(54)39-20-7-11-23-44(39)61(46)36-17-5-2-6-18-36/h1-33H. The highest BCUT2D eigenvalue weighted by molar-refractivity contribution is 7.26. The molecule has 0 spiro atoms. The quantitative estimate of drug-likeness (QED) is 0.173. The van der Waals surface area contributed by atoms with Gasteiger partial charge in [0.15, 0.2) is 17.5 Å². The molecule has 0 unspecified atom stereocenters. The van der Waals surface area contributed by atoms with Crippen LogP contribution < -0.4 is 0 Å². The van der Waals surface area contributed by atoms with Crippen LogP contribution in [0.5, 0.6) is 0 Å². The maximum absolute atomic E-state index is 5.43. The van der Waals surface area contributed by atoms with Gasteiger partial charge in [-0.15, -0.1) is 22.7 Å². The molecule has 0 fully saturated rings. The van der Waals surface area contributed by atoms with Crippen LogP contribution in [-0.2, 0) is 0 Å². The Morgan fingerprint density at radius 1 is 0.297 bits per heavy atom. The molecule has 7 heteroatoms. The summed E-state index contributed by atoms with van der Waals surface area (Å²) in [4.78, 5) is 16.0. The number of rotatable bonds is 5. The molecule has 0 atom stereocenters. The van der Waals surface area contributed by atoms with Gasteiger partial charge in [-0.1, -0.05) is 121 Å². The van der Waals surface area contributed by atoms with E-state index in [1.807, 2.05) is 40.9 Å². The van der Waals surface area contributed by atoms with Gasteiger partial charge in [0.2, 0.25) is 0 Å². The zero-order valence-electron chi connectivity index (χ0n) is 34.1. The van der Waals surface area contributed by atoms with Crippen molar-refractivity contribution in [2.75, 3.05) is 0 Å². The van der Waals surface area contributed by atoms with E-state index in [9.17, 15) is 0 Å². The first-order valence-corrected chi connectivity index (χ1v) is 23.1. The summed E-state index contributed by atoms with van der Waals surface area (Å²) in [7, 11) is 0. The molecule has 9 aromatic carbocycles. The van der Waals surface area contributed by atoms with Gasteiger partial charge < -0.3 is 9.13 Å². The van der Waals surface area contributed by atoms with Crippen molar-refractivity contribution < 1.29 is 0 Å². The summed E-state index contributed by atoms with van der Waals surface area (Å²) < 4.78 is 9.76. The Labute approximate surface area is 374 Å². The monoisotopic (exact) mass is 851 g/mol. The van der Waals surface area contributed by atoms with Crippen molar-refractivity contribution >= 4 is 107 Å². The summed E-state index contributed by atoms with van der Waals surface area (Å²) in [5.74, 6) is 1.93. The van der Waals surface area contributed by atoms with E-state index in [4.69, 9.17) is 15.0 Å². The maximum atomic E-state index is 5.43. The molecule has 0 saturated heterocycles. The highest BCUT2D eigenvalue weighted by atomic mass is 32.1. The van der Waals surface area contributed by atoms with Crippen LogP contribution in [0.15, 0.2) is 200 Å². The Hall–Kier alpha value is -7.97. The van der Waals surface area contributed by atoms with Crippen LogP contribution in [0.25, 0.3) is 129 Å². The molecule has 14 aromatic rings. The number of aromatic nitrogens is 5. The van der Waals surface area contributed by atoms with E-state index in [0.29, 0.717) is 17.5 Å². The smallest absolute Gasteiger partial charge is 0.164 e. The molecular formula is C57H33N5S2. The minimum atomic E-state index is 0.642. The summed E-state index contributed by atoms with van der Waals surface area (Å²) in [6.07, 6.45) is 0. The summed E-state index contributed by atoms with van der Waals surface area (Å²) in [6, 6.07) is 71.9. The molecule has 14 rings (SSSR count). The third-order valence-electron chi connectivity index (χ3n) is 12.8. The van der Waals surface area contributed by atoms with Gasteiger partial charge >= 0.3 is 0 Å². The largest absolute Gasteiger partial charge is 0.309 e. The highest BCUT2D eigenvalue weighted by Gasteiger charge is 2.24. The lowest BCUT2D eigenvalue weighted by molar-refractivity contribution is 1.07. The first-order chi connectivity index (χ1) is 31.7. The fourth-order valence-electron chi connectivity index (χ4n) is 10.0. The van der Waals surface area contributed by atoms with Crippen LogP contribution in [0.4, 0.5) is 0 Å². The minimum absolute atomic E-state index is 0.642. The van der Waals surface area contributed by atoms with Gasteiger partial charge in [-0.25, -0.2) is 15.0 Å². The normalized spacial score (nSPS) is 12.1. The van der Waals surface area contributed by atoms with Crippen molar-refractivity contribution in [3.05, 3.63) is 200 Å². The lowest BCUT2D eigenvalue weighted by atomic mass is 10.0. The van der Waals surface area contributed by atoms with E-state index in [-0.39, 0.29) is 0 Å². The topological polar surface area (TPSA) is 48.5 Å². The number of benzene rings is 9. The molecule has 0 aliphatic heterocycles. The van der Waals surface area contributed by atoms with Crippen LogP contribution >= 0.6 is 22.7 Å². The number of hydrogen-bond donors (Lipinski definition) is 0. The average molecular weight is 852 g/mol. The van der Waals surface area contributed by atoms with Gasteiger partial charge in [0.05, 0.1) is 22.1 Å². The predicted molar refractivity (Wildman–Crippen MR) is 271 cm³/mol. The zero-order valence-corrected chi connectivity index (χ0v) is 35.7. The molecular weight excluding hydrogens is 819 g/mol. The molecule has 64 heavy (non-hydrogen) atoms. The molecule has 5 nitrogen and oxygen atoms in total. The maximum Gasteiger partial charge on any atom is 0.164 e. The van der Waals surface area contributed by atoms with Crippen molar-refractivity contribution in [3.63, 3.8) is 0 Å². The molecule has 0 amide bonds. The molecule has 0 saturated carbocycles. The van der Waals surface area contributed by atoms with Crippen LogP contribution in [-0.4, -0.2) is 24.1 Å². The van der Waals surface area contributed by atoms with Gasteiger partial charge in [-0.2, -0.15) is 0 Å². The molecule has 5 heterocycles. The Morgan fingerprint density at radius 3 is 1.52 bits per heavy atom. The van der Waals surface area contributed by atoms with Gasteiger partial charge in [0.25, 0.3) is 0 Å². The van der Waals surface area contributed by atoms with Crippen molar-refractivity contribution in [2.24, 2.45) is 0 Å². The lowest BCUT2D eigenvalue weighted by Crippen LogP contribution is -2.01. The van der Waals surface area contributed by atoms with E-state index in [2.05, 4.69) is 191 Å². The zero-order chi connectivity index (χ0) is 41.9. The number of fused-ring (bicyclic) bond motifs is 13. The first-order valence-electron chi connectivity index (χ1n) is 21.4. The van der Waals surface area contributed by atoms with E-state index < -0.39 is 0 Å². The molecule has 0 radical (unpaired) electrons.